The van der Waals surface area contributed by atoms with Crippen LogP contribution >= 0.6 is 0 Å². The van der Waals surface area contributed by atoms with Crippen molar-refractivity contribution in [2.45, 2.75) is 12.0 Å². The molecule has 0 radical (unpaired) electrons. The first kappa shape index (κ1) is 11.1. The van der Waals surface area contributed by atoms with E-state index in [1.807, 2.05) is 0 Å². The Morgan fingerprint density at radius 3 is 3.00 bits per heavy atom. The molecule has 0 aromatic heterocycles. The number of rotatable bonds is 3. The topological polar surface area (TPSA) is 61.5 Å². The fourth-order valence-corrected chi connectivity index (χ4v) is 1.81. The third-order valence-corrected chi connectivity index (χ3v) is 2.84. The lowest BCUT2D eigenvalue weighted by Gasteiger charge is -2.20. The van der Waals surface area contributed by atoms with Crippen LogP contribution in [0.4, 0.5) is 0 Å². The zero-order valence-corrected chi connectivity index (χ0v) is 9.23. The molecule has 1 aliphatic rings. The van der Waals surface area contributed by atoms with E-state index in [2.05, 4.69) is 0 Å². The highest BCUT2D eigenvalue weighted by atomic mass is 16.5. The highest BCUT2D eigenvalue weighted by molar-refractivity contribution is 6.03. The molecule has 4 heteroatoms. The number of ketones is 1. The second-order valence-electron chi connectivity index (χ2n) is 4.02. The number of hydrogen-bond donors (Lipinski definition) is 1. The van der Waals surface area contributed by atoms with Gasteiger partial charge in [-0.1, -0.05) is 12.1 Å². The first-order valence-electron chi connectivity index (χ1n) is 5.21. The molecular formula is C12H15NO3. The normalized spacial score (nSPS) is 24.4. The summed E-state index contributed by atoms with van der Waals surface area (Å²) >= 11 is 0. The Labute approximate surface area is 94.3 Å². The molecule has 1 aromatic rings. The minimum Gasteiger partial charge on any atom is -0.497 e. The van der Waals surface area contributed by atoms with Crippen LogP contribution in [0.1, 0.15) is 16.8 Å². The molecule has 0 saturated carbocycles. The first-order valence-corrected chi connectivity index (χ1v) is 5.21. The van der Waals surface area contributed by atoms with Gasteiger partial charge in [0.2, 0.25) is 0 Å². The number of carbonyl (C=O) groups is 1. The van der Waals surface area contributed by atoms with Crippen LogP contribution < -0.4 is 10.5 Å². The number of hydrogen-bond acceptors (Lipinski definition) is 4. The maximum atomic E-state index is 12.2. The molecule has 2 N–H and O–H groups in total. The van der Waals surface area contributed by atoms with Gasteiger partial charge >= 0.3 is 0 Å². The highest BCUT2D eigenvalue weighted by Crippen LogP contribution is 2.23. The van der Waals surface area contributed by atoms with Crippen LogP contribution in [0.2, 0.25) is 0 Å². The van der Waals surface area contributed by atoms with Crippen LogP contribution in [0.3, 0.4) is 0 Å². The number of methoxy groups -OCH3 is 1. The van der Waals surface area contributed by atoms with Gasteiger partial charge in [0.05, 0.1) is 13.7 Å². The van der Waals surface area contributed by atoms with E-state index in [-0.39, 0.29) is 5.78 Å². The molecule has 0 bridgehead atoms. The first-order chi connectivity index (χ1) is 7.65. The van der Waals surface area contributed by atoms with Crippen molar-refractivity contribution >= 4 is 5.78 Å². The van der Waals surface area contributed by atoms with Crippen LogP contribution in [-0.2, 0) is 4.74 Å². The monoisotopic (exact) mass is 221 g/mol. The average Bonchev–Trinajstić information content (AvgIpc) is 2.76. The second-order valence-corrected chi connectivity index (χ2v) is 4.02. The van der Waals surface area contributed by atoms with Crippen molar-refractivity contribution < 1.29 is 14.3 Å². The fraction of sp³-hybridized carbons (Fsp3) is 0.417. The fourth-order valence-electron chi connectivity index (χ4n) is 1.81. The Hall–Kier alpha value is -1.39. The largest absolute Gasteiger partial charge is 0.497 e. The SMILES string of the molecule is COc1cccc(C(=O)C2(N)CCOC2)c1. The molecule has 1 fully saturated rings. The predicted octanol–water partition coefficient (Wildman–Crippen LogP) is 0.996. The van der Waals surface area contributed by atoms with Crippen LogP contribution in [0, 0.1) is 0 Å². The summed E-state index contributed by atoms with van der Waals surface area (Å²) < 4.78 is 10.3. The third kappa shape index (κ3) is 1.94. The van der Waals surface area contributed by atoms with Crippen LogP contribution in [-0.4, -0.2) is 31.6 Å². The molecule has 1 saturated heterocycles. The van der Waals surface area contributed by atoms with Gasteiger partial charge in [0.1, 0.15) is 11.3 Å². The Kier molecular flexibility index (Phi) is 2.94. The lowest BCUT2D eigenvalue weighted by molar-refractivity contribution is 0.0862. The van der Waals surface area contributed by atoms with Crippen molar-refractivity contribution in [3.63, 3.8) is 0 Å². The average molecular weight is 221 g/mol. The molecule has 16 heavy (non-hydrogen) atoms. The van der Waals surface area contributed by atoms with Gasteiger partial charge < -0.3 is 15.2 Å². The Balaban J connectivity index is 2.26. The van der Waals surface area contributed by atoms with E-state index in [1.54, 1.807) is 31.4 Å². The van der Waals surface area contributed by atoms with Gasteiger partial charge in [-0.25, -0.2) is 0 Å². The minimum absolute atomic E-state index is 0.0797. The van der Waals surface area contributed by atoms with Crippen molar-refractivity contribution in [1.29, 1.82) is 0 Å². The standard InChI is InChI=1S/C12H15NO3/c1-15-10-4-2-3-9(7-10)11(14)12(13)5-6-16-8-12/h2-4,7H,5-6,8,13H2,1H3. The van der Waals surface area contributed by atoms with E-state index in [9.17, 15) is 4.79 Å². The van der Waals surface area contributed by atoms with Gasteiger partial charge in [-0.05, 0) is 18.6 Å². The van der Waals surface area contributed by atoms with Gasteiger partial charge in [-0.2, -0.15) is 0 Å². The molecule has 0 aliphatic carbocycles. The van der Waals surface area contributed by atoms with Crippen LogP contribution in [0.5, 0.6) is 5.75 Å². The summed E-state index contributed by atoms with van der Waals surface area (Å²) in [6.45, 7) is 0.843. The van der Waals surface area contributed by atoms with Gasteiger partial charge in [0, 0.05) is 12.2 Å². The maximum Gasteiger partial charge on any atom is 0.185 e. The van der Waals surface area contributed by atoms with Crippen molar-refractivity contribution in [1.82, 2.24) is 0 Å². The molecular weight excluding hydrogens is 206 g/mol. The molecule has 4 nitrogen and oxygen atoms in total. The Morgan fingerprint density at radius 1 is 1.56 bits per heavy atom. The summed E-state index contributed by atoms with van der Waals surface area (Å²) in [6, 6.07) is 7.03. The van der Waals surface area contributed by atoms with Gasteiger partial charge in [0.25, 0.3) is 0 Å². The molecule has 1 unspecified atom stereocenters. The van der Waals surface area contributed by atoms with E-state index >= 15 is 0 Å². The van der Waals surface area contributed by atoms with Gasteiger partial charge in [-0.15, -0.1) is 0 Å². The minimum atomic E-state index is -0.869. The maximum absolute atomic E-state index is 12.2. The number of carbonyl (C=O) groups excluding carboxylic acids is 1. The van der Waals surface area contributed by atoms with E-state index in [0.717, 1.165) is 0 Å². The molecule has 0 spiro atoms. The molecule has 1 heterocycles. The number of Topliss-reactive ketones (excluding diaryl/α,β-unsaturated/α-hetero) is 1. The third-order valence-electron chi connectivity index (χ3n) is 2.84. The van der Waals surface area contributed by atoms with E-state index in [0.29, 0.717) is 30.9 Å². The summed E-state index contributed by atoms with van der Waals surface area (Å²) in [5.41, 5.74) is 5.72. The van der Waals surface area contributed by atoms with Gasteiger partial charge in [0.15, 0.2) is 5.78 Å². The summed E-state index contributed by atoms with van der Waals surface area (Å²) in [5, 5.41) is 0. The van der Waals surface area contributed by atoms with Crippen LogP contribution in [0.15, 0.2) is 24.3 Å². The molecule has 86 valence electrons. The summed E-state index contributed by atoms with van der Waals surface area (Å²) in [6.07, 6.45) is 0.572. The van der Waals surface area contributed by atoms with Crippen LogP contribution in [0.25, 0.3) is 0 Å². The zero-order chi connectivity index (χ0) is 11.6. The lowest BCUT2D eigenvalue weighted by Crippen LogP contribution is -2.48. The lowest BCUT2D eigenvalue weighted by atomic mass is 9.89. The molecule has 0 amide bonds. The Morgan fingerprint density at radius 2 is 2.38 bits per heavy atom. The summed E-state index contributed by atoms with van der Waals surface area (Å²) in [5.74, 6) is 0.581. The summed E-state index contributed by atoms with van der Waals surface area (Å²) in [4.78, 5) is 12.2. The number of nitrogens with two attached hydrogens (primary N) is 1. The van der Waals surface area contributed by atoms with E-state index in [1.165, 1.54) is 0 Å². The van der Waals surface area contributed by atoms with E-state index in [4.69, 9.17) is 15.2 Å². The quantitative estimate of drug-likeness (QED) is 0.773. The molecule has 1 aromatic carbocycles. The molecule has 1 aliphatic heterocycles. The van der Waals surface area contributed by atoms with Gasteiger partial charge in [-0.3, -0.25) is 4.79 Å². The highest BCUT2D eigenvalue weighted by Gasteiger charge is 2.38. The molecule has 2 rings (SSSR count). The van der Waals surface area contributed by atoms with E-state index < -0.39 is 5.54 Å². The Bertz CT molecular complexity index is 397. The zero-order valence-electron chi connectivity index (χ0n) is 9.23. The van der Waals surface area contributed by atoms with Crippen molar-refractivity contribution in [2.24, 2.45) is 5.73 Å². The molecule has 1 atom stereocenters. The smallest absolute Gasteiger partial charge is 0.185 e. The summed E-state index contributed by atoms with van der Waals surface area (Å²) in [7, 11) is 1.57. The van der Waals surface area contributed by atoms with Crippen molar-refractivity contribution in [3.8, 4) is 5.75 Å². The van der Waals surface area contributed by atoms with Crippen molar-refractivity contribution in [2.75, 3.05) is 20.3 Å². The predicted molar refractivity (Wildman–Crippen MR) is 59.7 cm³/mol. The van der Waals surface area contributed by atoms with Crippen molar-refractivity contribution in [3.05, 3.63) is 29.8 Å². The number of benzene rings is 1. The second kappa shape index (κ2) is 4.23. The number of ether oxygens (including phenoxy) is 2.